The third-order valence-corrected chi connectivity index (χ3v) is 9.42. The molecule has 0 radical (unpaired) electrons. The number of unbranched alkanes of at least 4 members (excludes halogenated alkanes) is 10. The van der Waals surface area contributed by atoms with Gasteiger partial charge in [0.15, 0.2) is 11.5 Å². The summed E-state index contributed by atoms with van der Waals surface area (Å²) in [6.07, 6.45) is 15.1. The normalized spacial score (nSPS) is 13.8. The minimum atomic E-state index is -4.25. The minimum absolute atomic E-state index is 0.0174. The Morgan fingerprint density at radius 2 is 1.36 bits per heavy atom. The molecule has 242 valence electrons. The number of rotatable bonds is 26. The number of ether oxygens (including phenoxy) is 2. The fourth-order valence-corrected chi connectivity index (χ4v) is 6.73. The topological polar surface area (TPSA) is 177 Å². The lowest BCUT2D eigenvalue weighted by molar-refractivity contribution is -0.138. The number of carboxylic acids is 2. The minimum Gasteiger partial charge on any atom is -0.493 e. The first-order valence-electron chi connectivity index (χ1n) is 15.6. The molecule has 3 unspecified atom stereocenters. The van der Waals surface area contributed by atoms with Gasteiger partial charge in [-0.2, -0.15) is 0 Å². The second kappa shape index (κ2) is 21.5. The molecule has 0 aliphatic carbocycles. The summed E-state index contributed by atoms with van der Waals surface area (Å²) in [6, 6.07) is 3.67. The number of aliphatic carboxylic acids is 1. The molecule has 1 aromatic rings. The van der Waals surface area contributed by atoms with E-state index in [4.69, 9.17) is 25.4 Å². The monoisotopic (exact) mass is 615 g/mol. The van der Waals surface area contributed by atoms with Crippen LogP contribution in [0.3, 0.4) is 0 Å². The molecular formula is C31H54NO9P. The molecule has 0 fully saturated rings. The van der Waals surface area contributed by atoms with Gasteiger partial charge in [-0.05, 0) is 56.2 Å². The standard InChI is InChI=1S/C31H54NO9P/c1-3-4-16-24(29(42(37,38)39)19-14-13-18-26(32)31(35)36)17-12-10-8-6-5-7-9-11-15-22-41-27-21-20-25(30(33)34)23-28(27)40-2/h20-21,23-24,26,29H,3-19,22,32H2,1-2H3,(H,33,34)(H,35,36)(H2,37,38,39). The Morgan fingerprint density at radius 3 is 1.90 bits per heavy atom. The number of hydrogen-bond acceptors (Lipinski definition) is 6. The molecule has 0 aliphatic rings. The van der Waals surface area contributed by atoms with Crippen LogP contribution in [0.15, 0.2) is 18.2 Å². The number of methoxy groups -OCH3 is 1. The van der Waals surface area contributed by atoms with Gasteiger partial charge in [0.25, 0.3) is 0 Å². The zero-order chi connectivity index (χ0) is 31.4. The van der Waals surface area contributed by atoms with E-state index in [1.165, 1.54) is 19.2 Å². The van der Waals surface area contributed by atoms with Crippen molar-refractivity contribution in [3.63, 3.8) is 0 Å². The van der Waals surface area contributed by atoms with Gasteiger partial charge in [0.05, 0.1) is 24.9 Å². The summed E-state index contributed by atoms with van der Waals surface area (Å²) < 4.78 is 23.4. The summed E-state index contributed by atoms with van der Waals surface area (Å²) in [7, 11) is -2.76. The third-order valence-electron chi connectivity index (χ3n) is 7.87. The summed E-state index contributed by atoms with van der Waals surface area (Å²) >= 11 is 0. The fraction of sp³-hybridized carbons (Fsp3) is 0.742. The Kier molecular flexibility index (Phi) is 19.4. The Bertz CT molecular complexity index is 952. The van der Waals surface area contributed by atoms with Gasteiger partial charge in [-0.1, -0.05) is 84.0 Å². The Morgan fingerprint density at radius 1 is 0.810 bits per heavy atom. The molecule has 10 nitrogen and oxygen atoms in total. The van der Waals surface area contributed by atoms with Crippen molar-refractivity contribution >= 4 is 19.5 Å². The van der Waals surface area contributed by atoms with E-state index in [1.54, 1.807) is 6.07 Å². The first-order chi connectivity index (χ1) is 20.0. The molecule has 0 saturated carbocycles. The van der Waals surface area contributed by atoms with Crippen LogP contribution >= 0.6 is 7.60 Å². The summed E-state index contributed by atoms with van der Waals surface area (Å²) in [6.45, 7) is 2.63. The van der Waals surface area contributed by atoms with Crippen LogP contribution in [0.4, 0.5) is 0 Å². The van der Waals surface area contributed by atoms with Crippen molar-refractivity contribution in [3.8, 4) is 11.5 Å². The molecule has 1 rings (SSSR count). The van der Waals surface area contributed by atoms with Crippen LogP contribution in [-0.2, 0) is 9.36 Å². The van der Waals surface area contributed by atoms with Crippen LogP contribution < -0.4 is 15.2 Å². The largest absolute Gasteiger partial charge is 0.493 e. The number of benzene rings is 1. The number of carbonyl (C=O) groups is 2. The van der Waals surface area contributed by atoms with Gasteiger partial charge < -0.3 is 35.2 Å². The predicted molar refractivity (Wildman–Crippen MR) is 165 cm³/mol. The van der Waals surface area contributed by atoms with E-state index in [2.05, 4.69) is 6.92 Å². The number of carboxylic acid groups (broad SMARTS) is 2. The van der Waals surface area contributed by atoms with Crippen molar-refractivity contribution in [1.82, 2.24) is 0 Å². The Hall–Kier alpha value is -2.13. The second-order valence-corrected chi connectivity index (χ2v) is 13.1. The first kappa shape index (κ1) is 37.9. The smallest absolute Gasteiger partial charge is 0.335 e. The van der Waals surface area contributed by atoms with E-state index < -0.39 is 31.2 Å². The van der Waals surface area contributed by atoms with Gasteiger partial charge in [0.2, 0.25) is 0 Å². The molecule has 6 N–H and O–H groups in total. The molecule has 0 amide bonds. The number of nitrogens with two attached hydrogens (primary N) is 1. The Balaban J connectivity index is 2.27. The van der Waals surface area contributed by atoms with E-state index in [0.717, 1.165) is 83.5 Å². The van der Waals surface area contributed by atoms with Gasteiger partial charge >= 0.3 is 19.5 Å². The molecule has 1 aromatic carbocycles. The summed E-state index contributed by atoms with van der Waals surface area (Å²) in [5, 5.41) is 18.0. The molecule has 11 heteroatoms. The zero-order valence-electron chi connectivity index (χ0n) is 25.5. The Labute approximate surface area is 251 Å². The van der Waals surface area contributed by atoms with Crippen LogP contribution in [0, 0.1) is 5.92 Å². The van der Waals surface area contributed by atoms with Crippen LogP contribution in [0.2, 0.25) is 0 Å². The highest BCUT2D eigenvalue weighted by Crippen LogP contribution is 2.50. The molecule has 0 aromatic heterocycles. The molecule has 0 aliphatic heterocycles. The van der Waals surface area contributed by atoms with Crippen molar-refractivity contribution in [1.29, 1.82) is 0 Å². The third kappa shape index (κ3) is 15.9. The van der Waals surface area contributed by atoms with Gasteiger partial charge in [-0.15, -0.1) is 0 Å². The summed E-state index contributed by atoms with van der Waals surface area (Å²) in [5.74, 6) is -1.10. The quantitative estimate of drug-likeness (QED) is 0.0538. The zero-order valence-corrected chi connectivity index (χ0v) is 26.4. The van der Waals surface area contributed by atoms with Crippen molar-refractivity contribution < 1.29 is 43.6 Å². The van der Waals surface area contributed by atoms with Crippen LogP contribution in [0.1, 0.15) is 126 Å². The summed E-state index contributed by atoms with van der Waals surface area (Å²) in [5.41, 5.74) is 5.05. The molecule has 0 spiro atoms. The number of hydrogen-bond donors (Lipinski definition) is 5. The highest BCUT2D eigenvalue weighted by molar-refractivity contribution is 7.52. The maximum atomic E-state index is 12.4. The molecule has 3 atom stereocenters. The van der Waals surface area contributed by atoms with Gasteiger partial charge in [0.1, 0.15) is 6.04 Å². The second-order valence-electron chi connectivity index (χ2n) is 11.3. The van der Waals surface area contributed by atoms with Gasteiger partial charge in [-0.3, -0.25) is 9.36 Å². The van der Waals surface area contributed by atoms with Crippen LogP contribution in [0.25, 0.3) is 0 Å². The van der Waals surface area contributed by atoms with Crippen molar-refractivity contribution in [3.05, 3.63) is 23.8 Å². The van der Waals surface area contributed by atoms with Gasteiger partial charge in [-0.25, -0.2) is 4.79 Å². The van der Waals surface area contributed by atoms with E-state index in [0.29, 0.717) is 43.8 Å². The van der Waals surface area contributed by atoms with Crippen LogP contribution in [-0.4, -0.2) is 57.4 Å². The number of aromatic carboxylic acids is 1. The highest BCUT2D eigenvalue weighted by Gasteiger charge is 2.35. The fourth-order valence-electron chi connectivity index (χ4n) is 5.36. The predicted octanol–water partition coefficient (Wildman–Crippen LogP) is 7.00. The highest BCUT2D eigenvalue weighted by atomic mass is 31.2. The van der Waals surface area contributed by atoms with E-state index in [9.17, 15) is 23.9 Å². The molecule has 0 heterocycles. The SMILES string of the molecule is CCCCC(CCCCCCCCCCCOc1ccc(C(=O)O)cc1OC)C(CCCCC(N)C(=O)O)P(=O)(O)O. The lowest BCUT2D eigenvalue weighted by atomic mass is 9.89. The van der Waals surface area contributed by atoms with E-state index in [1.807, 2.05) is 0 Å². The maximum absolute atomic E-state index is 12.4. The van der Waals surface area contributed by atoms with E-state index >= 15 is 0 Å². The van der Waals surface area contributed by atoms with Crippen LogP contribution in [0.5, 0.6) is 11.5 Å². The van der Waals surface area contributed by atoms with Gasteiger partial charge in [0, 0.05) is 0 Å². The molecule has 0 saturated heterocycles. The first-order valence-corrected chi connectivity index (χ1v) is 17.3. The van der Waals surface area contributed by atoms with Crippen molar-refractivity contribution in [2.24, 2.45) is 11.7 Å². The molecular weight excluding hydrogens is 561 g/mol. The molecule has 0 bridgehead atoms. The average molecular weight is 616 g/mol. The van der Waals surface area contributed by atoms with Crippen molar-refractivity contribution in [2.45, 2.75) is 128 Å². The lowest BCUT2D eigenvalue weighted by Gasteiger charge is -2.28. The summed E-state index contributed by atoms with van der Waals surface area (Å²) in [4.78, 5) is 42.2. The lowest BCUT2D eigenvalue weighted by Crippen LogP contribution is -2.29. The average Bonchev–Trinajstić information content (AvgIpc) is 2.94. The molecule has 42 heavy (non-hydrogen) atoms. The maximum Gasteiger partial charge on any atom is 0.335 e. The van der Waals surface area contributed by atoms with E-state index in [-0.39, 0.29) is 11.5 Å². The van der Waals surface area contributed by atoms with Crippen molar-refractivity contribution in [2.75, 3.05) is 13.7 Å².